The summed E-state index contributed by atoms with van der Waals surface area (Å²) < 4.78 is 38.5. The van der Waals surface area contributed by atoms with Gasteiger partial charge in [-0.15, -0.1) is 0 Å². The fraction of sp³-hybridized carbons (Fsp3) is 0.154. The van der Waals surface area contributed by atoms with Crippen LogP contribution in [-0.4, -0.2) is 10.1 Å². The quantitative estimate of drug-likeness (QED) is 0.932. The highest BCUT2D eigenvalue weighted by Crippen LogP contribution is 2.36. The minimum Gasteiger partial charge on any atom is -0.392 e. The molecule has 0 aliphatic rings. The molecule has 0 unspecified atom stereocenters. The Hall–Kier alpha value is -1.53. The van der Waals surface area contributed by atoms with Crippen molar-refractivity contribution in [3.8, 4) is 0 Å². The molecule has 6 heteroatoms. The highest BCUT2D eigenvalue weighted by molar-refractivity contribution is 7.99. The molecule has 1 heterocycles. The summed E-state index contributed by atoms with van der Waals surface area (Å²) in [6, 6.07) is 9.08. The Morgan fingerprint density at radius 3 is 2.53 bits per heavy atom. The number of hydrogen-bond donors (Lipinski definition) is 1. The average molecular weight is 285 g/mol. The van der Waals surface area contributed by atoms with Gasteiger partial charge in [0.1, 0.15) is 5.03 Å². The maximum atomic E-state index is 12.8. The fourth-order valence-electron chi connectivity index (χ4n) is 1.55. The van der Waals surface area contributed by atoms with Crippen molar-refractivity contribution >= 4 is 11.8 Å². The van der Waals surface area contributed by atoms with Crippen LogP contribution in [0.15, 0.2) is 52.5 Å². The molecule has 0 saturated carbocycles. The van der Waals surface area contributed by atoms with E-state index >= 15 is 0 Å². The van der Waals surface area contributed by atoms with Crippen LogP contribution in [0.5, 0.6) is 0 Å². The number of nitrogens with zero attached hydrogens (tertiary/aromatic N) is 1. The van der Waals surface area contributed by atoms with Crippen LogP contribution in [0.25, 0.3) is 0 Å². The standard InChI is InChI=1S/C13H10F3NOS/c14-13(15,16)11-7-10(5-4-9(11)8-18)19-12-3-1-2-6-17-12/h1-7,18H,8H2. The van der Waals surface area contributed by atoms with Crippen molar-refractivity contribution in [3.05, 3.63) is 53.7 Å². The zero-order chi connectivity index (χ0) is 13.9. The summed E-state index contributed by atoms with van der Waals surface area (Å²) in [4.78, 5) is 4.47. The van der Waals surface area contributed by atoms with Crippen LogP contribution in [0.2, 0.25) is 0 Å². The Labute approximate surface area is 112 Å². The first-order chi connectivity index (χ1) is 9.00. The average Bonchev–Trinajstić information content (AvgIpc) is 2.39. The van der Waals surface area contributed by atoms with Crippen molar-refractivity contribution in [2.75, 3.05) is 0 Å². The maximum Gasteiger partial charge on any atom is 0.416 e. The first-order valence-corrected chi connectivity index (χ1v) is 6.22. The second kappa shape index (κ2) is 5.63. The lowest BCUT2D eigenvalue weighted by Crippen LogP contribution is -2.09. The van der Waals surface area contributed by atoms with E-state index in [-0.39, 0.29) is 5.56 Å². The van der Waals surface area contributed by atoms with Gasteiger partial charge in [-0.2, -0.15) is 13.2 Å². The molecule has 2 aromatic rings. The highest BCUT2D eigenvalue weighted by atomic mass is 32.2. The van der Waals surface area contributed by atoms with Gasteiger partial charge in [0.25, 0.3) is 0 Å². The third-order valence-corrected chi connectivity index (χ3v) is 3.36. The SMILES string of the molecule is OCc1ccc(Sc2ccccn2)cc1C(F)(F)F. The molecule has 0 fully saturated rings. The van der Waals surface area contributed by atoms with Crippen LogP contribution >= 0.6 is 11.8 Å². The zero-order valence-corrected chi connectivity index (χ0v) is 10.5. The molecule has 100 valence electrons. The van der Waals surface area contributed by atoms with E-state index in [1.165, 1.54) is 6.07 Å². The van der Waals surface area contributed by atoms with Gasteiger partial charge in [0.15, 0.2) is 0 Å². The number of pyridine rings is 1. The summed E-state index contributed by atoms with van der Waals surface area (Å²) >= 11 is 1.14. The van der Waals surface area contributed by atoms with Crippen molar-refractivity contribution in [3.63, 3.8) is 0 Å². The van der Waals surface area contributed by atoms with E-state index in [1.54, 1.807) is 30.5 Å². The van der Waals surface area contributed by atoms with Gasteiger partial charge in [-0.3, -0.25) is 0 Å². The van der Waals surface area contributed by atoms with E-state index in [1.807, 2.05) is 0 Å². The summed E-state index contributed by atoms with van der Waals surface area (Å²) in [5.74, 6) is 0. The molecule has 0 aliphatic carbocycles. The predicted molar refractivity (Wildman–Crippen MR) is 65.7 cm³/mol. The summed E-state index contributed by atoms with van der Waals surface area (Å²) in [6.45, 7) is -0.636. The topological polar surface area (TPSA) is 33.1 Å². The van der Waals surface area contributed by atoms with Gasteiger partial charge in [-0.25, -0.2) is 4.98 Å². The van der Waals surface area contributed by atoms with E-state index in [4.69, 9.17) is 5.11 Å². The molecule has 1 aromatic carbocycles. The van der Waals surface area contributed by atoms with Crippen molar-refractivity contribution in [1.29, 1.82) is 0 Å². The molecule has 0 saturated heterocycles. The minimum atomic E-state index is -4.47. The van der Waals surface area contributed by atoms with Gasteiger partial charge in [-0.1, -0.05) is 23.9 Å². The van der Waals surface area contributed by atoms with E-state index in [2.05, 4.69) is 4.98 Å². The predicted octanol–water partition coefficient (Wildman–Crippen LogP) is 3.74. The maximum absolute atomic E-state index is 12.8. The number of rotatable bonds is 3. The van der Waals surface area contributed by atoms with Crippen molar-refractivity contribution < 1.29 is 18.3 Å². The summed E-state index contributed by atoms with van der Waals surface area (Å²) in [5.41, 5.74) is -0.936. The van der Waals surface area contributed by atoms with Crippen LogP contribution in [0, 0.1) is 0 Å². The second-order valence-corrected chi connectivity index (χ2v) is 4.84. The third kappa shape index (κ3) is 3.48. The molecule has 0 atom stereocenters. The van der Waals surface area contributed by atoms with Crippen molar-refractivity contribution in [2.24, 2.45) is 0 Å². The highest BCUT2D eigenvalue weighted by Gasteiger charge is 2.33. The molecule has 1 aromatic heterocycles. The Bertz CT molecular complexity index is 558. The summed E-state index contributed by atoms with van der Waals surface area (Å²) in [7, 11) is 0. The number of halogens is 3. The first-order valence-electron chi connectivity index (χ1n) is 5.40. The molecule has 2 rings (SSSR count). The van der Waals surface area contributed by atoms with E-state index in [0.717, 1.165) is 17.8 Å². The number of aliphatic hydroxyl groups excluding tert-OH is 1. The van der Waals surface area contributed by atoms with Gasteiger partial charge >= 0.3 is 6.18 Å². The van der Waals surface area contributed by atoms with Crippen LogP contribution < -0.4 is 0 Å². The fourth-order valence-corrected chi connectivity index (χ4v) is 2.36. The monoisotopic (exact) mass is 285 g/mol. The van der Waals surface area contributed by atoms with Crippen molar-refractivity contribution in [2.45, 2.75) is 22.7 Å². The lowest BCUT2D eigenvalue weighted by atomic mass is 10.1. The van der Waals surface area contributed by atoms with Gasteiger partial charge in [0, 0.05) is 11.1 Å². The van der Waals surface area contributed by atoms with Crippen LogP contribution in [0.4, 0.5) is 13.2 Å². The van der Waals surface area contributed by atoms with Gasteiger partial charge in [-0.05, 0) is 29.8 Å². The lowest BCUT2D eigenvalue weighted by Gasteiger charge is -2.12. The van der Waals surface area contributed by atoms with Crippen molar-refractivity contribution in [1.82, 2.24) is 4.98 Å². The third-order valence-electron chi connectivity index (χ3n) is 2.42. The normalized spacial score (nSPS) is 11.6. The van der Waals surface area contributed by atoms with E-state index < -0.39 is 18.3 Å². The molecule has 2 nitrogen and oxygen atoms in total. The molecular formula is C13H10F3NOS. The number of aromatic nitrogens is 1. The van der Waals surface area contributed by atoms with E-state index in [9.17, 15) is 13.2 Å². The Morgan fingerprint density at radius 2 is 1.95 bits per heavy atom. The molecule has 0 bridgehead atoms. The van der Waals surface area contributed by atoms with E-state index in [0.29, 0.717) is 9.92 Å². The van der Waals surface area contributed by atoms with Gasteiger partial charge in [0.05, 0.1) is 12.2 Å². The number of alkyl halides is 3. The lowest BCUT2D eigenvalue weighted by molar-refractivity contribution is -0.138. The van der Waals surface area contributed by atoms with Crippen LogP contribution in [-0.2, 0) is 12.8 Å². The summed E-state index contributed by atoms with van der Waals surface area (Å²) in [6.07, 6.45) is -2.89. The number of aliphatic hydroxyl groups is 1. The second-order valence-electron chi connectivity index (χ2n) is 3.74. The molecule has 0 radical (unpaired) electrons. The van der Waals surface area contributed by atoms with Crippen LogP contribution in [0.1, 0.15) is 11.1 Å². The molecule has 19 heavy (non-hydrogen) atoms. The Kier molecular flexibility index (Phi) is 4.11. The molecular weight excluding hydrogens is 275 g/mol. The molecule has 0 spiro atoms. The molecule has 0 aliphatic heterocycles. The zero-order valence-electron chi connectivity index (χ0n) is 9.69. The smallest absolute Gasteiger partial charge is 0.392 e. The Balaban J connectivity index is 2.33. The Morgan fingerprint density at radius 1 is 1.16 bits per heavy atom. The largest absolute Gasteiger partial charge is 0.416 e. The van der Waals surface area contributed by atoms with Gasteiger partial charge in [0.2, 0.25) is 0 Å². The number of hydrogen-bond acceptors (Lipinski definition) is 3. The van der Waals surface area contributed by atoms with Crippen LogP contribution in [0.3, 0.4) is 0 Å². The molecule has 0 amide bonds. The minimum absolute atomic E-state index is 0.127. The summed E-state index contributed by atoms with van der Waals surface area (Å²) in [5, 5.41) is 9.56. The number of benzene rings is 1. The van der Waals surface area contributed by atoms with Gasteiger partial charge < -0.3 is 5.11 Å². The molecule has 1 N–H and O–H groups in total. The first kappa shape index (κ1) is 13.9.